The third-order valence-corrected chi connectivity index (χ3v) is 3.31. The first-order chi connectivity index (χ1) is 11.7. The van der Waals surface area contributed by atoms with Gasteiger partial charge in [0.2, 0.25) is 0 Å². The Balaban J connectivity index is 2.32. The second kappa shape index (κ2) is 8.62. The van der Waals surface area contributed by atoms with Crippen LogP contribution in [-0.2, 0) is 9.53 Å². The van der Waals surface area contributed by atoms with Crippen LogP contribution >= 0.6 is 0 Å². The quantitative estimate of drug-likeness (QED) is 0.620. The highest BCUT2D eigenvalue weighted by molar-refractivity contribution is 6.16. The number of esters is 1. The first kappa shape index (κ1) is 17.4. The Bertz CT molecular complexity index is 688. The molecule has 0 saturated carbocycles. The van der Waals surface area contributed by atoms with Gasteiger partial charge < -0.3 is 19.5 Å². The number of anilines is 1. The Morgan fingerprint density at radius 1 is 1.04 bits per heavy atom. The summed E-state index contributed by atoms with van der Waals surface area (Å²) in [6.07, 6.45) is 1.63. The molecule has 24 heavy (non-hydrogen) atoms. The zero-order valence-corrected chi connectivity index (χ0v) is 14.0. The number of carbonyl (C=O) groups excluding carboxylic acids is 1. The fourth-order valence-corrected chi connectivity index (χ4v) is 2.13. The third kappa shape index (κ3) is 4.52. The lowest BCUT2D eigenvalue weighted by atomic mass is 10.1. The molecule has 5 heteroatoms. The average molecular weight is 327 g/mol. The zero-order valence-electron chi connectivity index (χ0n) is 14.0. The normalized spacial score (nSPS) is 10.9. The zero-order chi connectivity index (χ0) is 17.4. The summed E-state index contributed by atoms with van der Waals surface area (Å²) in [7, 11) is 3.17. The lowest BCUT2D eigenvalue weighted by molar-refractivity contribution is -0.136. The van der Waals surface area contributed by atoms with Gasteiger partial charge in [-0.15, -0.1) is 0 Å². The molecule has 126 valence electrons. The third-order valence-electron chi connectivity index (χ3n) is 3.31. The molecule has 5 nitrogen and oxygen atoms in total. The molecule has 0 aromatic heterocycles. The number of carbonyl (C=O) groups is 1. The number of ether oxygens (including phenoxy) is 3. The van der Waals surface area contributed by atoms with Gasteiger partial charge in [-0.05, 0) is 12.5 Å². The van der Waals surface area contributed by atoms with Gasteiger partial charge in [-0.3, -0.25) is 0 Å². The van der Waals surface area contributed by atoms with Crippen LogP contribution in [0.3, 0.4) is 0 Å². The largest absolute Gasteiger partial charge is 0.497 e. The highest BCUT2D eigenvalue weighted by atomic mass is 16.5. The molecular formula is C19H21NO4. The Labute approximate surface area is 141 Å². The van der Waals surface area contributed by atoms with E-state index in [9.17, 15) is 4.79 Å². The smallest absolute Gasteiger partial charge is 0.340 e. The van der Waals surface area contributed by atoms with Crippen molar-refractivity contribution in [2.75, 3.05) is 26.1 Å². The number of hydrogen-bond acceptors (Lipinski definition) is 5. The Morgan fingerprint density at radius 3 is 2.21 bits per heavy atom. The molecule has 0 aliphatic carbocycles. The number of nitrogens with one attached hydrogen (secondary N) is 1. The predicted molar refractivity (Wildman–Crippen MR) is 94.2 cm³/mol. The number of rotatable bonds is 7. The Hall–Kier alpha value is -2.95. The fraction of sp³-hybridized carbons (Fsp3) is 0.211. The molecule has 0 saturated heterocycles. The maximum Gasteiger partial charge on any atom is 0.340 e. The maximum atomic E-state index is 12.2. The fourth-order valence-electron chi connectivity index (χ4n) is 2.13. The molecule has 0 unspecified atom stereocenters. The number of methoxy groups -OCH3 is 2. The topological polar surface area (TPSA) is 56.8 Å². The molecule has 2 aromatic carbocycles. The summed E-state index contributed by atoms with van der Waals surface area (Å²) in [4.78, 5) is 12.2. The van der Waals surface area contributed by atoms with Crippen molar-refractivity contribution in [3.05, 3.63) is 60.3 Å². The Morgan fingerprint density at radius 2 is 1.67 bits per heavy atom. The molecule has 2 rings (SSSR count). The monoisotopic (exact) mass is 327 g/mol. The van der Waals surface area contributed by atoms with Crippen LogP contribution in [0.1, 0.15) is 12.5 Å². The molecule has 0 bridgehead atoms. The van der Waals surface area contributed by atoms with Crippen molar-refractivity contribution in [1.29, 1.82) is 0 Å². The minimum absolute atomic E-state index is 0.315. The minimum atomic E-state index is -0.383. The van der Waals surface area contributed by atoms with Crippen LogP contribution in [0.4, 0.5) is 5.69 Å². The molecule has 2 aromatic rings. The second-order valence-electron chi connectivity index (χ2n) is 4.89. The van der Waals surface area contributed by atoms with Crippen LogP contribution in [0.25, 0.3) is 5.57 Å². The van der Waals surface area contributed by atoms with E-state index in [0.29, 0.717) is 23.7 Å². The summed E-state index contributed by atoms with van der Waals surface area (Å²) in [5, 5.41) is 3.11. The SMILES string of the molecule is CCOC(=O)/C(=C\Nc1cc(OC)cc(OC)c1)c1ccccc1. The average Bonchev–Trinajstić information content (AvgIpc) is 2.62. The van der Waals surface area contributed by atoms with E-state index in [4.69, 9.17) is 14.2 Å². The van der Waals surface area contributed by atoms with Crippen molar-refractivity contribution in [3.8, 4) is 11.5 Å². The van der Waals surface area contributed by atoms with Gasteiger partial charge in [0, 0.05) is 30.1 Å². The summed E-state index contributed by atoms with van der Waals surface area (Å²) in [5.41, 5.74) is 1.96. The lowest BCUT2D eigenvalue weighted by Gasteiger charge is -2.11. The van der Waals surface area contributed by atoms with Crippen LogP contribution in [0, 0.1) is 0 Å². The number of benzene rings is 2. The van der Waals surface area contributed by atoms with Crippen LogP contribution in [0.5, 0.6) is 11.5 Å². The van der Waals surface area contributed by atoms with Crippen molar-refractivity contribution in [2.45, 2.75) is 6.92 Å². The standard InChI is InChI=1S/C19H21NO4/c1-4-24-19(21)18(14-8-6-5-7-9-14)13-20-15-10-16(22-2)12-17(11-15)23-3/h5-13,20H,4H2,1-3H3/b18-13-. The first-order valence-corrected chi connectivity index (χ1v) is 7.60. The summed E-state index contributed by atoms with van der Waals surface area (Å²) in [6, 6.07) is 14.8. The highest BCUT2D eigenvalue weighted by Gasteiger charge is 2.13. The van der Waals surface area contributed by atoms with E-state index in [1.807, 2.05) is 42.5 Å². The molecule has 0 fully saturated rings. The molecule has 0 aliphatic heterocycles. The van der Waals surface area contributed by atoms with Crippen molar-refractivity contribution in [1.82, 2.24) is 0 Å². The van der Waals surface area contributed by atoms with Crippen LogP contribution in [-0.4, -0.2) is 26.8 Å². The van der Waals surface area contributed by atoms with Crippen molar-refractivity contribution >= 4 is 17.2 Å². The van der Waals surface area contributed by atoms with E-state index in [1.165, 1.54) is 0 Å². The molecule has 0 atom stereocenters. The van der Waals surface area contributed by atoms with Crippen molar-refractivity contribution in [2.24, 2.45) is 0 Å². The molecule has 1 N–H and O–H groups in total. The minimum Gasteiger partial charge on any atom is -0.497 e. The number of hydrogen-bond donors (Lipinski definition) is 1. The van der Waals surface area contributed by atoms with Gasteiger partial charge in [-0.25, -0.2) is 4.79 Å². The van der Waals surface area contributed by atoms with E-state index < -0.39 is 0 Å². The van der Waals surface area contributed by atoms with E-state index in [2.05, 4.69) is 5.32 Å². The van der Waals surface area contributed by atoms with Crippen LogP contribution < -0.4 is 14.8 Å². The lowest BCUT2D eigenvalue weighted by Crippen LogP contribution is -2.08. The molecule has 0 amide bonds. The predicted octanol–water partition coefficient (Wildman–Crippen LogP) is 3.72. The Kier molecular flexibility index (Phi) is 6.25. The highest BCUT2D eigenvalue weighted by Crippen LogP contribution is 2.26. The van der Waals surface area contributed by atoms with Crippen LogP contribution in [0.15, 0.2) is 54.7 Å². The van der Waals surface area contributed by atoms with Gasteiger partial charge in [-0.1, -0.05) is 30.3 Å². The van der Waals surface area contributed by atoms with Gasteiger partial charge in [0.15, 0.2) is 0 Å². The van der Waals surface area contributed by atoms with Gasteiger partial charge in [-0.2, -0.15) is 0 Å². The van der Waals surface area contributed by atoms with Crippen molar-refractivity contribution < 1.29 is 19.0 Å². The van der Waals surface area contributed by atoms with E-state index in [-0.39, 0.29) is 5.97 Å². The van der Waals surface area contributed by atoms with Gasteiger partial charge in [0.25, 0.3) is 0 Å². The summed E-state index contributed by atoms with van der Waals surface area (Å²) < 4.78 is 15.6. The molecule has 0 radical (unpaired) electrons. The maximum absolute atomic E-state index is 12.2. The molecule has 0 heterocycles. The molecular weight excluding hydrogens is 306 g/mol. The second-order valence-corrected chi connectivity index (χ2v) is 4.89. The summed E-state index contributed by atoms with van der Waals surface area (Å²) in [6.45, 7) is 2.09. The first-order valence-electron chi connectivity index (χ1n) is 7.60. The van der Waals surface area contributed by atoms with E-state index >= 15 is 0 Å². The van der Waals surface area contributed by atoms with E-state index in [1.54, 1.807) is 33.4 Å². The molecule has 0 aliphatic rings. The van der Waals surface area contributed by atoms with E-state index in [0.717, 1.165) is 11.3 Å². The van der Waals surface area contributed by atoms with Gasteiger partial charge in [0.05, 0.1) is 26.4 Å². The van der Waals surface area contributed by atoms with Crippen molar-refractivity contribution in [3.63, 3.8) is 0 Å². The van der Waals surface area contributed by atoms with Crippen LogP contribution in [0.2, 0.25) is 0 Å². The van der Waals surface area contributed by atoms with Gasteiger partial charge in [0.1, 0.15) is 11.5 Å². The summed E-state index contributed by atoms with van der Waals surface area (Å²) in [5.74, 6) is 0.927. The van der Waals surface area contributed by atoms with Gasteiger partial charge >= 0.3 is 5.97 Å². The summed E-state index contributed by atoms with van der Waals surface area (Å²) >= 11 is 0. The molecule has 0 spiro atoms.